The van der Waals surface area contributed by atoms with E-state index < -0.39 is 11.6 Å². The highest BCUT2D eigenvalue weighted by Gasteiger charge is 2.36. The molecule has 0 spiro atoms. The zero-order valence-corrected chi connectivity index (χ0v) is 12.9. The minimum absolute atomic E-state index is 0.0115. The van der Waals surface area contributed by atoms with Crippen LogP contribution in [0.3, 0.4) is 0 Å². The molecule has 3 rings (SSSR count). The fourth-order valence-electron chi connectivity index (χ4n) is 3.13. The number of thiophene rings is 1. The molecule has 2 aromatic rings. The molecule has 0 saturated heterocycles. The first-order chi connectivity index (χ1) is 10.6. The third-order valence-corrected chi connectivity index (χ3v) is 5.49. The predicted octanol–water partition coefficient (Wildman–Crippen LogP) is 4.27. The van der Waals surface area contributed by atoms with E-state index in [9.17, 15) is 13.6 Å². The summed E-state index contributed by atoms with van der Waals surface area (Å²) in [6.07, 6.45) is 4.40. The lowest BCUT2D eigenvalue weighted by atomic mass is 9.84. The third-order valence-electron chi connectivity index (χ3n) is 4.37. The van der Waals surface area contributed by atoms with Gasteiger partial charge in [-0.3, -0.25) is 4.79 Å². The lowest BCUT2D eigenvalue weighted by Crippen LogP contribution is -2.38. The Balaban J connectivity index is 1.72. The van der Waals surface area contributed by atoms with Crippen LogP contribution in [0.15, 0.2) is 35.7 Å². The molecular formula is C17H17F2NOS. The van der Waals surface area contributed by atoms with E-state index in [1.54, 1.807) is 11.3 Å². The summed E-state index contributed by atoms with van der Waals surface area (Å²) in [6.45, 7) is 0.533. The molecule has 0 bridgehead atoms. The molecule has 1 N–H and O–H groups in total. The van der Waals surface area contributed by atoms with Crippen LogP contribution in [0.1, 0.15) is 40.9 Å². The Morgan fingerprint density at radius 1 is 1.18 bits per heavy atom. The Morgan fingerprint density at radius 3 is 2.59 bits per heavy atom. The number of halogens is 2. The van der Waals surface area contributed by atoms with E-state index in [0.717, 1.165) is 37.8 Å². The van der Waals surface area contributed by atoms with Gasteiger partial charge in [0.1, 0.15) is 0 Å². The van der Waals surface area contributed by atoms with Crippen molar-refractivity contribution in [3.05, 3.63) is 57.8 Å². The smallest absolute Gasteiger partial charge is 0.251 e. The van der Waals surface area contributed by atoms with Gasteiger partial charge in [-0.1, -0.05) is 18.9 Å². The van der Waals surface area contributed by atoms with E-state index in [-0.39, 0.29) is 16.9 Å². The summed E-state index contributed by atoms with van der Waals surface area (Å²) in [6, 6.07) is 7.36. The molecule has 1 aromatic heterocycles. The molecule has 1 aliphatic carbocycles. The molecule has 1 fully saturated rings. The average molecular weight is 321 g/mol. The SMILES string of the molecule is O=C(NCC1(c2cccs2)CCCC1)c1ccc(F)c(F)c1. The highest BCUT2D eigenvalue weighted by molar-refractivity contribution is 7.10. The molecule has 1 aromatic carbocycles. The largest absolute Gasteiger partial charge is 0.351 e. The summed E-state index contributed by atoms with van der Waals surface area (Å²) >= 11 is 1.71. The molecule has 5 heteroatoms. The van der Waals surface area contributed by atoms with Crippen molar-refractivity contribution in [1.82, 2.24) is 5.32 Å². The lowest BCUT2D eigenvalue weighted by Gasteiger charge is -2.28. The quantitative estimate of drug-likeness (QED) is 0.895. The van der Waals surface area contributed by atoms with Crippen LogP contribution in [0.5, 0.6) is 0 Å². The van der Waals surface area contributed by atoms with Gasteiger partial charge in [-0.2, -0.15) is 0 Å². The summed E-state index contributed by atoms with van der Waals surface area (Å²) in [7, 11) is 0. The second kappa shape index (κ2) is 6.16. The standard InChI is InChI=1S/C17H17F2NOS/c18-13-6-5-12(10-14(13)19)16(21)20-11-17(7-1-2-8-17)15-4-3-9-22-15/h3-6,9-10H,1-2,7-8,11H2,(H,20,21). The summed E-state index contributed by atoms with van der Waals surface area (Å²) in [5.41, 5.74) is 0.140. The van der Waals surface area contributed by atoms with Gasteiger partial charge in [0, 0.05) is 22.4 Å². The Hall–Kier alpha value is -1.75. The minimum atomic E-state index is -0.999. The maximum atomic E-state index is 13.2. The van der Waals surface area contributed by atoms with Crippen molar-refractivity contribution in [3.8, 4) is 0 Å². The summed E-state index contributed by atoms with van der Waals surface area (Å²) in [5, 5.41) is 4.94. The van der Waals surface area contributed by atoms with Crippen molar-refractivity contribution in [2.24, 2.45) is 0 Å². The summed E-state index contributed by atoms with van der Waals surface area (Å²) in [5.74, 6) is -2.30. The van der Waals surface area contributed by atoms with E-state index in [0.29, 0.717) is 6.54 Å². The lowest BCUT2D eigenvalue weighted by molar-refractivity contribution is 0.0943. The molecule has 2 nitrogen and oxygen atoms in total. The van der Waals surface area contributed by atoms with Gasteiger partial charge in [-0.05, 0) is 42.5 Å². The molecular weight excluding hydrogens is 304 g/mol. The molecule has 0 aliphatic heterocycles. The van der Waals surface area contributed by atoms with Crippen molar-refractivity contribution >= 4 is 17.2 Å². The van der Waals surface area contributed by atoms with Crippen molar-refractivity contribution in [2.75, 3.05) is 6.54 Å². The van der Waals surface area contributed by atoms with Gasteiger partial charge in [-0.15, -0.1) is 11.3 Å². The van der Waals surface area contributed by atoms with Crippen LogP contribution < -0.4 is 5.32 Å². The highest BCUT2D eigenvalue weighted by atomic mass is 32.1. The fourth-order valence-corrected chi connectivity index (χ4v) is 4.12. The molecule has 1 amide bonds. The van der Waals surface area contributed by atoms with Crippen LogP contribution in [0.25, 0.3) is 0 Å². The Labute approximate surface area is 132 Å². The van der Waals surface area contributed by atoms with Crippen LogP contribution in [0.4, 0.5) is 8.78 Å². The monoisotopic (exact) mass is 321 g/mol. The Bertz CT molecular complexity index is 663. The first-order valence-corrected chi connectivity index (χ1v) is 8.26. The Kier molecular flexibility index (Phi) is 4.25. The van der Waals surface area contributed by atoms with Crippen LogP contribution in [0, 0.1) is 11.6 Å². The first kappa shape index (κ1) is 15.2. The number of hydrogen-bond acceptors (Lipinski definition) is 2. The van der Waals surface area contributed by atoms with Gasteiger partial charge >= 0.3 is 0 Å². The third kappa shape index (κ3) is 2.90. The first-order valence-electron chi connectivity index (χ1n) is 7.38. The molecule has 1 heterocycles. The molecule has 1 saturated carbocycles. The number of nitrogens with one attached hydrogen (secondary N) is 1. The maximum absolute atomic E-state index is 13.2. The van der Waals surface area contributed by atoms with Crippen molar-refractivity contribution in [2.45, 2.75) is 31.1 Å². The van der Waals surface area contributed by atoms with Crippen LogP contribution in [0.2, 0.25) is 0 Å². The summed E-state index contributed by atoms with van der Waals surface area (Å²) < 4.78 is 26.2. The molecule has 0 atom stereocenters. The predicted molar refractivity (Wildman–Crippen MR) is 83.2 cm³/mol. The van der Waals surface area contributed by atoms with Crippen molar-refractivity contribution < 1.29 is 13.6 Å². The number of carbonyl (C=O) groups excluding carboxylic acids is 1. The van der Waals surface area contributed by atoms with Gasteiger partial charge in [0.15, 0.2) is 11.6 Å². The number of rotatable bonds is 4. The number of carbonyl (C=O) groups is 1. The number of amides is 1. The maximum Gasteiger partial charge on any atom is 0.251 e. The van der Waals surface area contributed by atoms with Crippen LogP contribution >= 0.6 is 11.3 Å². The normalized spacial score (nSPS) is 16.6. The van der Waals surface area contributed by atoms with E-state index in [4.69, 9.17) is 0 Å². The second-order valence-corrected chi connectivity index (χ2v) is 6.72. The molecule has 0 radical (unpaired) electrons. The molecule has 0 unspecified atom stereocenters. The van der Waals surface area contributed by atoms with Crippen LogP contribution in [-0.2, 0) is 5.41 Å². The second-order valence-electron chi connectivity index (χ2n) is 5.78. The van der Waals surface area contributed by atoms with Gasteiger partial charge < -0.3 is 5.32 Å². The van der Waals surface area contributed by atoms with Crippen molar-refractivity contribution in [3.63, 3.8) is 0 Å². The van der Waals surface area contributed by atoms with Gasteiger partial charge in [0.25, 0.3) is 5.91 Å². The van der Waals surface area contributed by atoms with Gasteiger partial charge in [0.05, 0.1) is 0 Å². The van der Waals surface area contributed by atoms with E-state index in [1.807, 2.05) is 11.4 Å². The summed E-state index contributed by atoms with van der Waals surface area (Å²) in [4.78, 5) is 13.5. The fraction of sp³-hybridized carbons (Fsp3) is 0.353. The van der Waals surface area contributed by atoms with E-state index in [1.165, 1.54) is 10.9 Å². The molecule has 116 valence electrons. The highest BCUT2D eigenvalue weighted by Crippen LogP contribution is 2.42. The Morgan fingerprint density at radius 2 is 1.95 bits per heavy atom. The van der Waals surface area contributed by atoms with Crippen LogP contribution in [-0.4, -0.2) is 12.5 Å². The van der Waals surface area contributed by atoms with Crippen molar-refractivity contribution in [1.29, 1.82) is 0 Å². The minimum Gasteiger partial charge on any atom is -0.351 e. The molecule has 22 heavy (non-hydrogen) atoms. The average Bonchev–Trinajstić information content (AvgIpc) is 3.19. The van der Waals surface area contributed by atoms with Gasteiger partial charge in [0.2, 0.25) is 0 Å². The van der Waals surface area contributed by atoms with E-state index >= 15 is 0 Å². The zero-order chi connectivity index (χ0) is 15.6. The number of benzene rings is 1. The number of hydrogen-bond donors (Lipinski definition) is 1. The van der Waals surface area contributed by atoms with Gasteiger partial charge in [-0.25, -0.2) is 8.78 Å². The molecule has 1 aliphatic rings. The topological polar surface area (TPSA) is 29.1 Å². The van der Waals surface area contributed by atoms with E-state index in [2.05, 4.69) is 11.4 Å². The zero-order valence-electron chi connectivity index (χ0n) is 12.1.